The van der Waals surface area contributed by atoms with E-state index in [0.29, 0.717) is 12.3 Å². The summed E-state index contributed by atoms with van der Waals surface area (Å²) in [6.45, 7) is 0. The number of carbonyl (C=O) groups is 3. The maximum Gasteiger partial charge on any atom is 0.313 e. The number of nitrogens with zero attached hydrogens (tertiary/aromatic N) is 1. The number of hydrogen-bond donors (Lipinski definition) is 0. The van der Waals surface area contributed by atoms with Crippen LogP contribution in [0.3, 0.4) is 0 Å². The molecule has 24 heavy (non-hydrogen) atoms. The summed E-state index contributed by atoms with van der Waals surface area (Å²) >= 11 is 1.65. The van der Waals surface area contributed by atoms with Crippen LogP contribution in [-0.2, 0) is 36.7 Å². The van der Waals surface area contributed by atoms with Gasteiger partial charge in [0.1, 0.15) is 12.2 Å². The van der Waals surface area contributed by atoms with E-state index in [0.717, 1.165) is 41.3 Å². The molecule has 130 valence electrons. The molecule has 6 nitrogen and oxygen atoms in total. The molecular formula is C17H21NO5S. The minimum atomic E-state index is -0.473. The number of ketones is 1. The summed E-state index contributed by atoms with van der Waals surface area (Å²) in [5.41, 5.74) is 1.08. The van der Waals surface area contributed by atoms with Crippen LogP contribution in [0.4, 0.5) is 0 Å². The molecule has 0 spiro atoms. The molecule has 1 fully saturated rings. The Hall–Kier alpha value is -1.76. The van der Waals surface area contributed by atoms with Gasteiger partial charge in [0.05, 0.1) is 30.8 Å². The number of thiazole rings is 1. The maximum atomic E-state index is 12.2. The summed E-state index contributed by atoms with van der Waals surface area (Å²) < 4.78 is 9.34. The zero-order chi connectivity index (χ0) is 17.3. The number of rotatable bonds is 5. The predicted molar refractivity (Wildman–Crippen MR) is 86.8 cm³/mol. The number of fused-ring (bicyclic) bond motifs is 1. The highest BCUT2D eigenvalue weighted by atomic mass is 32.1. The minimum Gasteiger partial charge on any atom is -0.469 e. The van der Waals surface area contributed by atoms with Crippen LogP contribution in [0.1, 0.15) is 47.2 Å². The average molecular weight is 351 g/mol. The van der Waals surface area contributed by atoms with E-state index in [-0.39, 0.29) is 30.0 Å². The van der Waals surface area contributed by atoms with Gasteiger partial charge in [-0.3, -0.25) is 14.4 Å². The van der Waals surface area contributed by atoms with Gasteiger partial charge in [-0.05, 0) is 32.1 Å². The van der Waals surface area contributed by atoms with Crippen molar-refractivity contribution < 1.29 is 23.9 Å². The Kier molecular flexibility index (Phi) is 4.99. The molecule has 3 rings (SSSR count). The van der Waals surface area contributed by atoms with Crippen molar-refractivity contribution in [2.24, 2.45) is 11.8 Å². The summed E-state index contributed by atoms with van der Waals surface area (Å²) in [5.74, 6) is -0.449. The quantitative estimate of drug-likeness (QED) is 0.596. The highest BCUT2D eigenvalue weighted by molar-refractivity contribution is 7.11. The van der Waals surface area contributed by atoms with E-state index >= 15 is 0 Å². The molecule has 0 saturated heterocycles. The summed E-state index contributed by atoms with van der Waals surface area (Å²) in [4.78, 5) is 40.8. The lowest BCUT2D eigenvalue weighted by Gasteiger charge is -2.31. The molecule has 1 unspecified atom stereocenters. The van der Waals surface area contributed by atoms with Gasteiger partial charge in [0.25, 0.3) is 0 Å². The van der Waals surface area contributed by atoms with Crippen molar-refractivity contribution in [1.29, 1.82) is 0 Å². The molecule has 1 atom stereocenters. The van der Waals surface area contributed by atoms with Crippen molar-refractivity contribution in [2.75, 3.05) is 14.2 Å². The fourth-order valence-corrected chi connectivity index (χ4v) is 4.70. The highest BCUT2D eigenvalue weighted by Crippen LogP contribution is 2.45. The van der Waals surface area contributed by atoms with Crippen LogP contribution in [0, 0.1) is 11.8 Å². The zero-order valence-electron chi connectivity index (χ0n) is 13.9. The van der Waals surface area contributed by atoms with Gasteiger partial charge in [-0.25, -0.2) is 4.98 Å². The molecule has 7 heteroatoms. The predicted octanol–water partition coefficient (Wildman–Crippen LogP) is 2.05. The van der Waals surface area contributed by atoms with Gasteiger partial charge in [0.2, 0.25) is 0 Å². The first kappa shape index (κ1) is 17.1. The molecule has 0 aromatic carbocycles. The lowest BCUT2D eigenvalue weighted by Crippen LogP contribution is -2.29. The van der Waals surface area contributed by atoms with Gasteiger partial charge >= 0.3 is 11.9 Å². The molecule has 2 aliphatic carbocycles. The van der Waals surface area contributed by atoms with Crippen molar-refractivity contribution >= 4 is 29.1 Å². The van der Waals surface area contributed by atoms with Crippen LogP contribution in [0.15, 0.2) is 0 Å². The van der Waals surface area contributed by atoms with Crippen LogP contribution >= 0.6 is 11.3 Å². The maximum absolute atomic E-state index is 12.2. The molecule has 0 amide bonds. The first-order valence-electron chi connectivity index (χ1n) is 8.17. The van der Waals surface area contributed by atoms with Gasteiger partial charge in [0, 0.05) is 16.7 Å². The van der Waals surface area contributed by atoms with Crippen molar-refractivity contribution in [3.05, 3.63) is 15.6 Å². The fourth-order valence-electron chi connectivity index (χ4n) is 3.38. The number of carbonyl (C=O) groups excluding carboxylic acids is 3. The summed E-state index contributed by atoms with van der Waals surface area (Å²) in [6, 6.07) is 0. The Morgan fingerprint density at radius 2 is 1.92 bits per heavy atom. The number of aromatic nitrogens is 1. The molecule has 1 aromatic rings. The average Bonchev–Trinajstić information content (AvgIpc) is 2.95. The van der Waals surface area contributed by atoms with E-state index in [1.807, 2.05) is 0 Å². The Morgan fingerprint density at radius 3 is 2.58 bits per heavy atom. The van der Waals surface area contributed by atoms with Gasteiger partial charge in [-0.15, -0.1) is 11.3 Å². The second-order valence-corrected chi connectivity index (χ2v) is 7.58. The third kappa shape index (κ3) is 3.36. The topological polar surface area (TPSA) is 82.6 Å². The normalized spacial score (nSPS) is 25.3. The van der Waals surface area contributed by atoms with Crippen LogP contribution in [0.25, 0.3) is 0 Å². The molecule has 0 bridgehead atoms. The smallest absolute Gasteiger partial charge is 0.313 e. The Bertz CT molecular complexity index is 662. The van der Waals surface area contributed by atoms with E-state index in [1.54, 1.807) is 11.3 Å². The Labute approximate surface area is 144 Å². The molecule has 2 aliphatic rings. The van der Waals surface area contributed by atoms with Crippen LogP contribution in [0.2, 0.25) is 0 Å². The highest BCUT2D eigenvalue weighted by Gasteiger charge is 2.39. The fraction of sp³-hybridized carbons (Fsp3) is 0.647. The molecule has 0 radical (unpaired) electrons. The lowest BCUT2D eigenvalue weighted by atomic mass is 9.75. The monoisotopic (exact) mass is 351 g/mol. The first-order valence-corrected chi connectivity index (χ1v) is 8.99. The molecule has 1 saturated carbocycles. The van der Waals surface area contributed by atoms with Gasteiger partial charge in [0.15, 0.2) is 0 Å². The second kappa shape index (κ2) is 7.01. The van der Waals surface area contributed by atoms with Gasteiger partial charge in [-0.1, -0.05) is 0 Å². The van der Waals surface area contributed by atoms with Crippen LogP contribution < -0.4 is 0 Å². The molecule has 1 aromatic heterocycles. The van der Waals surface area contributed by atoms with E-state index in [9.17, 15) is 14.4 Å². The lowest BCUT2D eigenvalue weighted by molar-refractivity contribution is -0.149. The van der Waals surface area contributed by atoms with E-state index in [4.69, 9.17) is 9.72 Å². The number of esters is 2. The SMILES string of the molecule is COC(=O)CC(=O)C1CCc2nc(C3CC(C(=O)OC)C3)sc2C1. The number of ether oxygens (including phenoxy) is 2. The van der Waals surface area contributed by atoms with Crippen molar-refractivity contribution in [3.63, 3.8) is 0 Å². The Balaban J connectivity index is 1.60. The molecule has 0 aliphatic heterocycles. The van der Waals surface area contributed by atoms with Gasteiger partial charge in [-0.2, -0.15) is 0 Å². The zero-order valence-corrected chi connectivity index (χ0v) is 14.7. The second-order valence-electron chi connectivity index (χ2n) is 6.47. The summed E-state index contributed by atoms with van der Waals surface area (Å²) in [5, 5.41) is 1.07. The van der Waals surface area contributed by atoms with Crippen molar-refractivity contribution in [2.45, 2.75) is 44.4 Å². The summed E-state index contributed by atoms with van der Waals surface area (Å²) in [7, 11) is 2.72. The first-order chi connectivity index (χ1) is 11.5. The Morgan fingerprint density at radius 1 is 1.17 bits per heavy atom. The van der Waals surface area contributed by atoms with Gasteiger partial charge < -0.3 is 9.47 Å². The minimum absolute atomic E-state index is 0.00434. The summed E-state index contributed by atoms with van der Waals surface area (Å²) in [6.07, 6.45) is 3.62. The largest absolute Gasteiger partial charge is 0.469 e. The van der Waals surface area contributed by atoms with E-state index < -0.39 is 5.97 Å². The standard InChI is InChI=1S/C17H21NO5S/c1-22-15(20)8-13(19)9-3-4-12-14(7-9)24-16(18-12)10-5-11(6-10)17(21)23-2/h9-11H,3-8H2,1-2H3. The van der Waals surface area contributed by atoms with E-state index in [1.165, 1.54) is 14.2 Å². The number of hydrogen-bond acceptors (Lipinski definition) is 7. The van der Waals surface area contributed by atoms with Crippen molar-refractivity contribution in [3.8, 4) is 0 Å². The molecule has 0 N–H and O–H groups in total. The third-order valence-electron chi connectivity index (χ3n) is 4.98. The number of Topliss-reactive ketones (excluding diaryl/α,β-unsaturated/α-hetero) is 1. The number of methoxy groups -OCH3 is 2. The van der Waals surface area contributed by atoms with E-state index in [2.05, 4.69) is 4.74 Å². The third-order valence-corrected chi connectivity index (χ3v) is 6.26. The molecular weight excluding hydrogens is 330 g/mol. The van der Waals surface area contributed by atoms with Crippen LogP contribution in [0.5, 0.6) is 0 Å². The number of aryl methyl sites for hydroxylation is 1. The molecule has 1 heterocycles. The van der Waals surface area contributed by atoms with Crippen molar-refractivity contribution in [1.82, 2.24) is 4.98 Å². The van der Waals surface area contributed by atoms with Crippen LogP contribution in [-0.4, -0.2) is 36.9 Å².